The number of ether oxygens (including phenoxy) is 1. The van der Waals surface area contributed by atoms with Gasteiger partial charge in [0.05, 0.1) is 6.10 Å². The van der Waals surface area contributed by atoms with Crippen molar-refractivity contribution in [2.45, 2.75) is 77.7 Å². The minimum absolute atomic E-state index is 0. The summed E-state index contributed by atoms with van der Waals surface area (Å²) in [6.45, 7) is 4.49. The fraction of sp³-hybridized carbons (Fsp3) is 0.667. The molecule has 0 aliphatic heterocycles. The third-order valence-electron chi connectivity index (χ3n) is 3.63. The lowest BCUT2D eigenvalue weighted by Gasteiger charge is -2.17. The van der Waals surface area contributed by atoms with E-state index < -0.39 is 0 Å². The molecule has 20 heavy (non-hydrogen) atoms. The molecule has 0 heterocycles. The van der Waals surface area contributed by atoms with Crippen LogP contribution >= 0.6 is 13.5 Å². The fourth-order valence-corrected chi connectivity index (χ4v) is 2.37. The number of benzene rings is 1. The zero-order chi connectivity index (χ0) is 13.8. The van der Waals surface area contributed by atoms with Crippen molar-refractivity contribution in [2.24, 2.45) is 0 Å². The van der Waals surface area contributed by atoms with Crippen LogP contribution in [0.25, 0.3) is 0 Å². The molecule has 1 unspecified atom stereocenters. The topological polar surface area (TPSA) is 9.23 Å². The summed E-state index contributed by atoms with van der Waals surface area (Å²) in [7, 11) is 0. The molecule has 0 aromatic heterocycles. The number of para-hydroxylation sites is 1. The minimum Gasteiger partial charge on any atom is -0.490 e. The van der Waals surface area contributed by atoms with Crippen LogP contribution in [-0.4, -0.2) is 6.10 Å². The van der Waals surface area contributed by atoms with Gasteiger partial charge in [0.1, 0.15) is 5.75 Å². The van der Waals surface area contributed by atoms with Crippen molar-refractivity contribution in [3.8, 4) is 5.75 Å². The number of rotatable bonds is 11. The Bertz CT molecular complexity index is 300. The average molecular weight is 297 g/mol. The quantitative estimate of drug-likeness (QED) is 0.448. The second-order valence-corrected chi connectivity index (χ2v) is 5.37. The maximum Gasteiger partial charge on any atom is 0.119 e. The van der Waals surface area contributed by atoms with E-state index in [1.807, 2.05) is 30.3 Å². The molecule has 1 atom stereocenters. The Balaban J connectivity index is 0.00000361. The molecule has 0 aliphatic carbocycles. The van der Waals surface area contributed by atoms with Gasteiger partial charge < -0.3 is 4.74 Å². The zero-order valence-electron chi connectivity index (χ0n) is 13.2. The molecule has 2 heteroatoms. The van der Waals surface area contributed by atoms with Crippen LogP contribution in [0.15, 0.2) is 30.3 Å². The van der Waals surface area contributed by atoms with Crippen LogP contribution in [0.4, 0.5) is 0 Å². The second kappa shape index (κ2) is 13.4. The van der Waals surface area contributed by atoms with E-state index in [4.69, 9.17) is 4.74 Å². The average Bonchev–Trinajstić information content (AvgIpc) is 2.46. The van der Waals surface area contributed by atoms with Crippen molar-refractivity contribution in [2.75, 3.05) is 0 Å². The van der Waals surface area contributed by atoms with E-state index in [9.17, 15) is 0 Å². The molecule has 0 N–H and O–H groups in total. The molecule has 0 saturated heterocycles. The Hall–Kier alpha value is -0.630. The van der Waals surface area contributed by atoms with Gasteiger partial charge in [-0.25, -0.2) is 0 Å². The van der Waals surface area contributed by atoms with Gasteiger partial charge in [0.2, 0.25) is 0 Å². The van der Waals surface area contributed by atoms with Gasteiger partial charge in [0, 0.05) is 0 Å². The molecule has 0 fully saturated rings. The maximum atomic E-state index is 6.01. The maximum absolute atomic E-state index is 6.01. The van der Waals surface area contributed by atoms with Crippen LogP contribution in [0.5, 0.6) is 5.75 Å². The third-order valence-corrected chi connectivity index (χ3v) is 3.63. The Labute approximate surface area is 132 Å². The number of hydrogen-bond donors (Lipinski definition) is 0. The molecule has 0 radical (unpaired) electrons. The Morgan fingerprint density at radius 1 is 0.850 bits per heavy atom. The minimum atomic E-state index is 0. The van der Waals surface area contributed by atoms with Crippen molar-refractivity contribution in [3.05, 3.63) is 30.3 Å². The number of unbranched alkanes of at least 4 members (excludes halogenated alkanes) is 6. The van der Waals surface area contributed by atoms with Crippen LogP contribution in [0, 0.1) is 0 Å². The van der Waals surface area contributed by atoms with Gasteiger partial charge in [-0.05, 0) is 31.4 Å². The summed E-state index contributed by atoms with van der Waals surface area (Å²) in [6, 6.07) is 10.2. The summed E-state index contributed by atoms with van der Waals surface area (Å²) in [4.78, 5) is 0. The second-order valence-electron chi connectivity index (χ2n) is 5.37. The van der Waals surface area contributed by atoms with Gasteiger partial charge in [-0.15, -0.1) is 0 Å². The first-order valence-electron chi connectivity index (χ1n) is 8.08. The third kappa shape index (κ3) is 9.30. The molecular formula is C18H32OS. The summed E-state index contributed by atoms with van der Waals surface area (Å²) in [5, 5.41) is 0. The van der Waals surface area contributed by atoms with Crippen LogP contribution < -0.4 is 4.74 Å². The van der Waals surface area contributed by atoms with Gasteiger partial charge in [-0.1, -0.05) is 70.6 Å². The van der Waals surface area contributed by atoms with Crippen molar-refractivity contribution in [3.63, 3.8) is 0 Å². The van der Waals surface area contributed by atoms with Crippen LogP contribution in [0.3, 0.4) is 0 Å². The van der Waals surface area contributed by atoms with E-state index in [0.29, 0.717) is 6.10 Å². The largest absolute Gasteiger partial charge is 0.490 e. The van der Waals surface area contributed by atoms with Crippen LogP contribution in [0.1, 0.15) is 71.6 Å². The van der Waals surface area contributed by atoms with Gasteiger partial charge in [0.15, 0.2) is 0 Å². The van der Waals surface area contributed by atoms with Crippen LogP contribution in [-0.2, 0) is 0 Å². The summed E-state index contributed by atoms with van der Waals surface area (Å²) >= 11 is 0. The summed E-state index contributed by atoms with van der Waals surface area (Å²) in [5.74, 6) is 1.01. The zero-order valence-corrected chi connectivity index (χ0v) is 14.2. The Morgan fingerprint density at radius 3 is 2.05 bits per heavy atom. The predicted octanol–water partition coefficient (Wildman–Crippen LogP) is 6.10. The van der Waals surface area contributed by atoms with Gasteiger partial charge >= 0.3 is 0 Å². The molecule has 1 aromatic carbocycles. The smallest absolute Gasteiger partial charge is 0.119 e. The molecule has 0 spiro atoms. The standard InChI is InChI=1S/C18H30O.H2S/c1-3-5-6-7-8-9-11-14-17(4-2)19-18-15-12-10-13-16-18;/h10,12-13,15-17H,3-9,11,14H2,1-2H3;1H2. The highest BCUT2D eigenvalue weighted by Crippen LogP contribution is 2.17. The van der Waals surface area contributed by atoms with Crippen molar-refractivity contribution in [1.29, 1.82) is 0 Å². The Kier molecular flexibility index (Phi) is 12.9. The summed E-state index contributed by atoms with van der Waals surface area (Å²) < 4.78 is 6.01. The SMILES string of the molecule is CCCCCCCCCC(CC)Oc1ccccc1.S. The van der Waals surface area contributed by atoms with E-state index in [0.717, 1.165) is 12.2 Å². The lowest BCUT2D eigenvalue weighted by molar-refractivity contribution is 0.182. The molecule has 0 amide bonds. The van der Waals surface area contributed by atoms with E-state index in [1.165, 1.54) is 51.4 Å². The first-order valence-corrected chi connectivity index (χ1v) is 8.08. The highest BCUT2D eigenvalue weighted by atomic mass is 32.1. The first-order chi connectivity index (χ1) is 9.36. The van der Waals surface area contributed by atoms with Crippen molar-refractivity contribution < 1.29 is 4.74 Å². The van der Waals surface area contributed by atoms with E-state index >= 15 is 0 Å². The van der Waals surface area contributed by atoms with Crippen LogP contribution in [0.2, 0.25) is 0 Å². The van der Waals surface area contributed by atoms with Crippen molar-refractivity contribution >= 4 is 13.5 Å². The molecular weight excluding hydrogens is 264 g/mol. The van der Waals surface area contributed by atoms with E-state index in [1.54, 1.807) is 0 Å². The molecule has 1 aromatic rings. The van der Waals surface area contributed by atoms with E-state index in [2.05, 4.69) is 13.8 Å². The first kappa shape index (κ1) is 19.4. The molecule has 0 saturated carbocycles. The normalized spacial score (nSPS) is 11.7. The highest BCUT2D eigenvalue weighted by Gasteiger charge is 2.07. The van der Waals surface area contributed by atoms with Gasteiger partial charge in [-0.3, -0.25) is 0 Å². The summed E-state index contributed by atoms with van der Waals surface area (Å²) in [6.07, 6.45) is 12.3. The molecule has 0 aliphatic rings. The number of hydrogen-bond acceptors (Lipinski definition) is 1. The van der Waals surface area contributed by atoms with E-state index in [-0.39, 0.29) is 13.5 Å². The lowest BCUT2D eigenvalue weighted by atomic mass is 10.1. The molecule has 1 nitrogen and oxygen atoms in total. The highest BCUT2D eigenvalue weighted by molar-refractivity contribution is 7.59. The fourth-order valence-electron chi connectivity index (χ4n) is 2.37. The molecule has 1 rings (SSSR count). The van der Waals surface area contributed by atoms with Gasteiger partial charge in [0.25, 0.3) is 0 Å². The predicted molar refractivity (Wildman–Crippen MR) is 94.1 cm³/mol. The molecule has 116 valence electrons. The summed E-state index contributed by atoms with van der Waals surface area (Å²) in [5.41, 5.74) is 0. The lowest BCUT2D eigenvalue weighted by Crippen LogP contribution is -2.15. The Morgan fingerprint density at radius 2 is 1.45 bits per heavy atom. The molecule has 0 bridgehead atoms. The van der Waals surface area contributed by atoms with Gasteiger partial charge in [-0.2, -0.15) is 13.5 Å². The monoisotopic (exact) mass is 296 g/mol. The van der Waals surface area contributed by atoms with Crippen molar-refractivity contribution in [1.82, 2.24) is 0 Å².